The lowest BCUT2D eigenvalue weighted by Gasteiger charge is -2.31. The van der Waals surface area contributed by atoms with Crippen molar-refractivity contribution in [1.29, 1.82) is 0 Å². The van der Waals surface area contributed by atoms with Crippen molar-refractivity contribution in [3.05, 3.63) is 143 Å². The number of nitrogens with zero attached hydrogens (tertiary/aromatic N) is 2. The minimum atomic E-state index is -0.0558. The van der Waals surface area contributed by atoms with Crippen molar-refractivity contribution in [2.75, 3.05) is 0 Å². The Balaban J connectivity index is 1.43. The molecule has 2 aliphatic carbocycles. The average Bonchev–Trinajstić information content (AvgIpc) is 3.21. The first kappa shape index (κ1) is 22.4. The van der Waals surface area contributed by atoms with Crippen LogP contribution < -0.4 is 0 Å². The summed E-state index contributed by atoms with van der Waals surface area (Å²) in [4.78, 5) is 10.6. The normalized spacial score (nSPS) is 16.3. The van der Waals surface area contributed by atoms with Crippen LogP contribution in [0.2, 0.25) is 0 Å². The summed E-state index contributed by atoms with van der Waals surface area (Å²) in [5.41, 5.74) is 15.9. The van der Waals surface area contributed by atoms with Gasteiger partial charge in [-0.2, -0.15) is 0 Å². The molecular weight excluding hydrogens is 472 g/mol. The maximum absolute atomic E-state index is 5.35. The zero-order chi connectivity index (χ0) is 26.1. The van der Waals surface area contributed by atoms with Crippen molar-refractivity contribution in [2.24, 2.45) is 0 Å². The van der Waals surface area contributed by atoms with E-state index < -0.39 is 0 Å². The minimum absolute atomic E-state index is 0.0558. The van der Waals surface area contributed by atoms with Gasteiger partial charge in [0.1, 0.15) is 0 Å². The number of rotatable bonds is 2. The van der Waals surface area contributed by atoms with Crippen molar-refractivity contribution in [1.82, 2.24) is 9.97 Å². The number of aromatic nitrogens is 2. The van der Waals surface area contributed by atoms with Crippen LogP contribution in [0.25, 0.3) is 44.5 Å². The molecule has 0 fully saturated rings. The predicted octanol–water partition coefficient (Wildman–Crippen LogP) is 8.96. The van der Waals surface area contributed by atoms with Gasteiger partial charge in [0.15, 0.2) is 0 Å². The molecule has 1 unspecified atom stereocenters. The number of hydrogen-bond acceptors (Lipinski definition) is 2. The molecule has 0 saturated heterocycles. The molecule has 39 heavy (non-hydrogen) atoms. The van der Waals surface area contributed by atoms with Gasteiger partial charge in [0.2, 0.25) is 0 Å². The number of hydrogen-bond donors (Lipinski definition) is 0. The van der Waals surface area contributed by atoms with E-state index in [1.54, 1.807) is 0 Å². The van der Waals surface area contributed by atoms with Gasteiger partial charge in [-0.15, -0.1) is 0 Å². The van der Waals surface area contributed by atoms with Crippen LogP contribution in [-0.2, 0) is 11.8 Å². The van der Waals surface area contributed by atoms with E-state index in [2.05, 4.69) is 123 Å². The van der Waals surface area contributed by atoms with Crippen LogP contribution in [0.4, 0.5) is 0 Å². The number of fused-ring (bicyclic) bond motifs is 7. The van der Waals surface area contributed by atoms with E-state index in [0.717, 1.165) is 34.4 Å². The fraction of sp³-hybridized carbons (Fsp3) is 0.135. The Morgan fingerprint density at radius 1 is 0.590 bits per heavy atom. The molecule has 1 aromatic heterocycles. The van der Waals surface area contributed by atoms with Crippen LogP contribution >= 0.6 is 0 Å². The van der Waals surface area contributed by atoms with Gasteiger partial charge in [0.25, 0.3) is 0 Å². The van der Waals surface area contributed by atoms with E-state index >= 15 is 0 Å². The lowest BCUT2D eigenvalue weighted by atomic mass is 9.73. The molecule has 2 heteroatoms. The third kappa shape index (κ3) is 3.28. The zero-order valence-corrected chi connectivity index (χ0v) is 22.1. The monoisotopic (exact) mass is 500 g/mol. The molecule has 186 valence electrons. The van der Waals surface area contributed by atoms with Crippen LogP contribution in [0.15, 0.2) is 115 Å². The van der Waals surface area contributed by atoms with Crippen LogP contribution in [0.3, 0.4) is 0 Å². The second-order valence-corrected chi connectivity index (χ2v) is 11.4. The standard InChI is InChI=1S/C37H28N2/c1-37(2)31-17-9-8-16-26(31)29-21-27-25-15-7-6-14-24(25)20-30(28(27)22-32(29)37)36-35(23-12-4-3-5-13-23)38-33-18-10-11-19-34(33)39-36/h3-19,21-22,30H,20H2,1-2H3. The minimum Gasteiger partial charge on any atom is -0.248 e. The van der Waals surface area contributed by atoms with Crippen LogP contribution in [0.5, 0.6) is 0 Å². The van der Waals surface area contributed by atoms with E-state index in [9.17, 15) is 0 Å². The highest BCUT2D eigenvalue weighted by atomic mass is 14.8. The molecule has 2 nitrogen and oxygen atoms in total. The summed E-state index contributed by atoms with van der Waals surface area (Å²) in [6, 6.07) is 41.6. The average molecular weight is 501 g/mol. The maximum Gasteiger partial charge on any atom is 0.0931 e. The van der Waals surface area contributed by atoms with E-state index in [1.165, 1.54) is 44.5 Å². The second-order valence-electron chi connectivity index (χ2n) is 11.4. The quantitative estimate of drug-likeness (QED) is 0.237. The van der Waals surface area contributed by atoms with Crippen LogP contribution in [-0.4, -0.2) is 9.97 Å². The number of para-hydroxylation sites is 2. The first-order chi connectivity index (χ1) is 19.1. The zero-order valence-electron chi connectivity index (χ0n) is 22.1. The molecule has 0 N–H and O–H groups in total. The fourth-order valence-electron chi connectivity index (χ4n) is 6.89. The Morgan fingerprint density at radius 2 is 1.26 bits per heavy atom. The summed E-state index contributed by atoms with van der Waals surface area (Å²) in [5.74, 6) is 0.104. The van der Waals surface area contributed by atoms with Crippen molar-refractivity contribution < 1.29 is 0 Å². The molecule has 2 aliphatic rings. The summed E-state index contributed by atoms with van der Waals surface area (Å²) >= 11 is 0. The third-order valence-corrected chi connectivity index (χ3v) is 8.84. The first-order valence-electron chi connectivity index (χ1n) is 13.8. The van der Waals surface area contributed by atoms with Gasteiger partial charge in [0.05, 0.1) is 22.4 Å². The van der Waals surface area contributed by atoms with Crippen LogP contribution in [0.1, 0.15) is 47.7 Å². The summed E-state index contributed by atoms with van der Waals surface area (Å²) in [5, 5.41) is 0. The molecule has 1 heterocycles. The summed E-state index contributed by atoms with van der Waals surface area (Å²) < 4.78 is 0. The van der Waals surface area contributed by atoms with Gasteiger partial charge in [-0.1, -0.05) is 111 Å². The Hall–Kier alpha value is -4.56. The molecule has 0 saturated carbocycles. The molecule has 6 aromatic rings. The molecule has 8 rings (SSSR count). The Bertz CT molecular complexity index is 1920. The van der Waals surface area contributed by atoms with Crippen molar-refractivity contribution >= 4 is 11.0 Å². The molecule has 0 radical (unpaired) electrons. The number of benzene rings is 5. The van der Waals surface area contributed by atoms with Crippen molar-refractivity contribution in [3.63, 3.8) is 0 Å². The van der Waals surface area contributed by atoms with Gasteiger partial charge in [-0.3, -0.25) is 0 Å². The first-order valence-corrected chi connectivity index (χ1v) is 13.8. The van der Waals surface area contributed by atoms with Crippen LogP contribution in [0, 0.1) is 0 Å². The predicted molar refractivity (Wildman–Crippen MR) is 160 cm³/mol. The molecule has 0 aliphatic heterocycles. The summed E-state index contributed by atoms with van der Waals surface area (Å²) in [6.45, 7) is 4.72. The van der Waals surface area contributed by atoms with Gasteiger partial charge < -0.3 is 0 Å². The smallest absolute Gasteiger partial charge is 0.0931 e. The lowest BCUT2D eigenvalue weighted by molar-refractivity contribution is 0.656. The highest BCUT2D eigenvalue weighted by Gasteiger charge is 2.38. The van der Waals surface area contributed by atoms with Gasteiger partial charge in [-0.05, 0) is 69.1 Å². The summed E-state index contributed by atoms with van der Waals surface area (Å²) in [7, 11) is 0. The largest absolute Gasteiger partial charge is 0.248 e. The molecule has 0 bridgehead atoms. The van der Waals surface area contributed by atoms with Crippen molar-refractivity contribution in [2.45, 2.75) is 31.6 Å². The molecule has 1 atom stereocenters. The third-order valence-electron chi connectivity index (χ3n) is 8.84. The van der Waals surface area contributed by atoms with Gasteiger partial charge in [0, 0.05) is 16.9 Å². The topological polar surface area (TPSA) is 25.8 Å². The van der Waals surface area contributed by atoms with Gasteiger partial charge >= 0.3 is 0 Å². The highest BCUT2D eigenvalue weighted by Crippen LogP contribution is 2.53. The lowest BCUT2D eigenvalue weighted by Crippen LogP contribution is -2.19. The van der Waals surface area contributed by atoms with E-state index in [4.69, 9.17) is 9.97 Å². The molecule has 0 spiro atoms. The molecular formula is C37H28N2. The van der Waals surface area contributed by atoms with E-state index in [0.29, 0.717) is 0 Å². The van der Waals surface area contributed by atoms with E-state index in [1.807, 2.05) is 6.07 Å². The Labute approximate surface area is 229 Å². The SMILES string of the molecule is CC1(C)c2ccccc2-c2cc3c(cc21)C(c1nc2ccccc2nc1-c1ccccc1)Cc1ccccc1-3. The maximum atomic E-state index is 5.35. The molecule has 5 aromatic carbocycles. The highest BCUT2D eigenvalue weighted by molar-refractivity contribution is 5.88. The van der Waals surface area contributed by atoms with E-state index in [-0.39, 0.29) is 11.3 Å². The summed E-state index contributed by atoms with van der Waals surface area (Å²) in [6.07, 6.45) is 0.905. The van der Waals surface area contributed by atoms with Crippen molar-refractivity contribution in [3.8, 4) is 33.5 Å². The Morgan fingerprint density at radius 3 is 2.08 bits per heavy atom. The second kappa shape index (κ2) is 8.22. The Kier molecular flexibility index (Phi) is 4.73. The van der Waals surface area contributed by atoms with Gasteiger partial charge in [-0.25, -0.2) is 9.97 Å². The fourth-order valence-corrected chi connectivity index (χ4v) is 6.89. The molecule has 0 amide bonds.